The number of nitrogens with one attached hydrogen (secondary N) is 1. The highest BCUT2D eigenvalue weighted by Crippen LogP contribution is 2.35. The number of anilines is 2. The number of halogens is 1. The van der Waals surface area contributed by atoms with Crippen molar-refractivity contribution in [3.63, 3.8) is 0 Å². The minimum absolute atomic E-state index is 0.104. The second-order valence-electron chi connectivity index (χ2n) is 8.48. The molecule has 0 unspecified atom stereocenters. The second-order valence-corrected chi connectivity index (χ2v) is 8.89. The molecule has 1 aliphatic carbocycles. The quantitative estimate of drug-likeness (QED) is 0.504. The van der Waals surface area contributed by atoms with Crippen LogP contribution in [0, 0.1) is 0 Å². The number of carbonyl (C=O) groups excluding carboxylic acids is 2. The Balaban J connectivity index is 1.82. The third kappa shape index (κ3) is 5.06. The lowest BCUT2D eigenvalue weighted by Gasteiger charge is -2.32. The van der Waals surface area contributed by atoms with E-state index in [1.165, 1.54) is 11.2 Å². The molecule has 0 saturated heterocycles. The molecule has 3 aromatic rings. The number of para-hydroxylation sites is 1. The average molecular weight is 466 g/mol. The zero-order valence-electron chi connectivity index (χ0n) is 18.8. The van der Waals surface area contributed by atoms with E-state index in [2.05, 4.69) is 5.32 Å². The van der Waals surface area contributed by atoms with Crippen molar-refractivity contribution in [2.24, 2.45) is 0 Å². The Morgan fingerprint density at radius 3 is 2.30 bits per heavy atom. The lowest BCUT2D eigenvalue weighted by atomic mass is 10.0. The van der Waals surface area contributed by atoms with Crippen molar-refractivity contribution in [1.29, 1.82) is 0 Å². The molecule has 0 aliphatic heterocycles. The molecule has 0 radical (unpaired) electrons. The minimum Gasteiger partial charge on any atom is -0.459 e. The Morgan fingerprint density at radius 1 is 1.00 bits per heavy atom. The summed E-state index contributed by atoms with van der Waals surface area (Å²) in [5.74, 6) is -0.533. The largest absolute Gasteiger partial charge is 0.459 e. The predicted molar refractivity (Wildman–Crippen MR) is 131 cm³/mol. The van der Waals surface area contributed by atoms with Gasteiger partial charge in [-0.15, -0.1) is 0 Å². The lowest BCUT2D eigenvalue weighted by Crippen LogP contribution is -2.46. The second kappa shape index (κ2) is 10.1. The van der Waals surface area contributed by atoms with E-state index in [9.17, 15) is 9.59 Å². The topological polar surface area (TPSA) is 65.8 Å². The number of carbonyl (C=O) groups is 2. The number of benzene rings is 2. The normalized spacial score (nSPS) is 14.6. The van der Waals surface area contributed by atoms with Gasteiger partial charge >= 0.3 is 0 Å². The maximum atomic E-state index is 13.7. The van der Waals surface area contributed by atoms with Crippen LogP contribution in [0.15, 0.2) is 71.3 Å². The number of rotatable bonds is 7. The van der Waals surface area contributed by atoms with Gasteiger partial charge in [-0.1, -0.05) is 48.7 Å². The zero-order valence-corrected chi connectivity index (χ0v) is 19.6. The van der Waals surface area contributed by atoms with Crippen LogP contribution in [0.5, 0.6) is 0 Å². The van der Waals surface area contributed by atoms with Gasteiger partial charge in [0.1, 0.15) is 6.04 Å². The summed E-state index contributed by atoms with van der Waals surface area (Å²) in [5, 5.41) is 3.54. The Hall–Kier alpha value is -3.25. The first kappa shape index (κ1) is 22.9. The average Bonchev–Trinajstić information content (AvgIpc) is 3.52. The SMILES string of the molecule is CN(C)c1ccc([C@@H](C(=O)NC2CCCC2)N(C(=O)c2ccco2)c2ccccc2Cl)cc1. The van der Waals surface area contributed by atoms with Crippen molar-refractivity contribution >= 4 is 34.8 Å². The number of hydrogen-bond acceptors (Lipinski definition) is 4. The number of hydrogen-bond donors (Lipinski definition) is 1. The Morgan fingerprint density at radius 2 is 1.70 bits per heavy atom. The Bertz CT molecular complexity index is 1090. The molecule has 6 nitrogen and oxygen atoms in total. The van der Waals surface area contributed by atoms with Crippen molar-refractivity contribution in [2.75, 3.05) is 23.9 Å². The first-order chi connectivity index (χ1) is 16.0. The van der Waals surface area contributed by atoms with Crippen molar-refractivity contribution in [3.05, 3.63) is 83.3 Å². The van der Waals surface area contributed by atoms with Gasteiger partial charge in [-0.25, -0.2) is 0 Å². The number of amides is 2. The molecule has 2 amide bonds. The van der Waals surface area contributed by atoms with E-state index >= 15 is 0 Å². The van der Waals surface area contributed by atoms with Gasteiger partial charge in [0, 0.05) is 25.8 Å². The van der Waals surface area contributed by atoms with E-state index in [4.69, 9.17) is 16.0 Å². The van der Waals surface area contributed by atoms with Crippen LogP contribution >= 0.6 is 11.6 Å². The summed E-state index contributed by atoms with van der Waals surface area (Å²) in [4.78, 5) is 30.8. The maximum Gasteiger partial charge on any atom is 0.295 e. The van der Waals surface area contributed by atoms with Gasteiger partial charge in [0.25, 0.3) is 5.91 Å². The molecule has 0 bridgehead atoms. The zero-order chi connectivity index (χ0) is 23.4. The molecule has 1 heterocycles. The molecule has 0 spiro atoms. The predicted octanol–water partition coefficient (Wildman–Crippen LogP) is 5.45. The molecule has 33 heavy (non-hydrogen) atoms. The highest BCUT2D eigenvalue weighted by molar-refractivity contribution is 6.34. The van der Waals surface area contributed by atoms with E-state index in [-0.39, 0.29) is 17.7 Å². The monoisotopic (exact) mass is 465 g/mol. The summed E-state index contributed by atoms with van der Waals surface area (Å²) in [6.45, 7) is 0. The van der Waals surface area contributed by atoms with Crippen LogP contribution in [0.1, 0.15) is 47.8 Å². The van der Waals surface area contributed by atoms with Crippen LogP contribution in [-0.2, 0) is 4.79 Å². The molecular formula is C26H28ClN3O3. The molecule has 4 rings (SSSR count). The summed E-state index contributed by atoms with van der Waals surface area (Å²) in [6, 6.07) is 17.1. The molecule has 1 aromatic heterocycles. The highest BCUT2D eigenvalue weighted by atomic mass is 35.5. The summed E-state index contributed by atoms with van der Waals surface area (Å²) in [7, 11) is 3.91. The van der Waals surface area contributed by atoms with Crippen molar-refractivity contribution < 1.29 is 14.0 Å². The molecule has 172 valence electrons. The standard InChI is InChI=1S/C26H28ClN3O3/c1-29(2)20-15-13-18(14-16-20)24(25(31)28-19-8-3-4-9-19)30(22-11-6-5-10-21(22)27)26(32)23-12-7-17-33-23/h5-7,10-17,19,24H,3-4,8-9H2,1-2H3,(H,28,31)/t24-/m0/s1. The molecule has 1 saturated carbocycles. The van der Waals surface area contributed by atoms with Crippen molar-refractivity contribution in [1.82, 2.24) is 5.32 Å². The summed E-state index contributed by atoms with van der Waals surface area (Å²) in [5.41, 5.74) is 2.13. The van der Waals surface area contributed by atoms with Gasteiger partial charge in [0.15, 0.2) is 5.76 Å². The van der Waals surface area contributed by atoms with Crippen LogP contribution in [0.25, 0.3) is 0 Å². The molecule has 2 aromatic carbocycles. The number of furan rings is 1. The Labute approximate surface area is 199 Å². The van der Waals surface area contributed by atoms with Gasteiger partial charge in [0.2, 0.25) is 5.91 Å². The molecular weight excluding hydrogens is 438 g/mol. The Kier molecular flexibility index (Phi) is 7.04. The fraction of sp³-hybridized carbons (Fsp3) is 0.308. The van der Waals surface area contributed by atoms with Crippen molar-refractivity contribution in [2.45, 2.75) is 37.8 Å². The highest BCUT2D eigenvalue weighted by Gasteiger charge is 2.36. The van der Waals surface area contributed by atoms with Gasteiger partial charge in [-0.05, 0) is 54.8 Å². The van der Waals surface area contributed by atoms with Crippen LogP contribution < -0.4 is 15.1 Å². The summed E-state index contributed by atoms with van der Waals surface area (Å²) >= 11 is 6.53. The molecule has 1 aliphatic rings. The smallest absolute Gasteiger partial charge is 0.295 e. The van der Waals surface area contributed by atoms with E-state index in [1.807, 2.05) is 43.3 Å². The third-order valence-corrected chi connectivity index (χ3v) is 6.32. The first-order valence-corrected chi connectivity index (χ1v) is 11.5. The van der Waals surface area contributed by atoms with Gasteiger partial charge in [-0.3, -0.25) is 14.5 Å². The lowest BCUT2D eigenvalue weighted by molar-refractivity contribution is -0.123. The number of nitrogens with zero attached hydrogens (tertiary/aromatic N) is 2. The summed E-state index contributed by atoms with van der Waals surface area (Å²) in [6.07, 6.45) is 5.50. The fourth-order valence-electron chi connectivity index (χ4n) is 4.25. The van der Waals surface area contributed by atoms with E-state index < -0.39 is 11.9 Å². The minimum atomic E-state index is -0.917. The van der Waals surface area contributed by atoms with Crippen LogP contribution in [-0.4, -0.2) is 32.0 Å². The first-order valence-electron chi connectivity index (χ1n) is 11.1. The van der Waals surface area contributed by atoms with Gasteiger partial charge in [-0.2, -0.15) is 0 Å². The maximum absolute atomic E-state index is 13.7. The molecule has 1 atom stereocenters. The fourth-order valence-corrected chi connectivity index (χ4v) is 4.48. The molecule has 7 heteroatoms. The van der Waals surface area contributed by atoms with E-state index in [0.717, 1.165) is 31.4 Å². The molecule has 1 fully saturated rings. The van der Waals surface area contributed by atoms with Crippen molar-refractivity contribution in [3.8, 4) is 0 Å². The van der Waals surface area contributed by atoms with Crippen LogP contribution in [0.3, 0.4) is 0 Å². The van der Waals surface area contributed by atoms with Crippen LogP contribution in [0.4, 0.5) is 11.4 Å². The van der Waals surface area contributed by atoms with E-state index in [1.54, 1.807) is 36.4 Å². The van der Waals surface area contributed by atoms with Crippen LogP contribution in [0.2, 0.25) is 5.02 Å². The third-order valence-electron chi connectivity index (χ3n) is 6.00. The van der Waals surface area contributed by atoms with E-state index in [0.29, 0.717) is 16.3 Å². The molecule has 1 N–H and O–H groups in total. The summed E-state index contributed by atoms with van der Waals surface area (Å²) < 4.78 is 5.41. The van der Waals surface area contributed by atoms with Gasteiger partial charge < -0.3 is 14.6 Å². The van der Waals surface area contributed by atoms with Gasteiger partial charge in [0.05, 0.1) is 17.0 Å².